The van der Waals surface area contributed by atoms with Gasteiger partial charge in [0.05, 0.1) is 17.1 Å². The van der Waals surface area contributed by atoms with Crippen molar-refractivity contribution in [3.8, 4) is 5.75 Å². The highest BCUT2D eigenvalue weighted by Crippen LogP contribution is 2.48. The number of nitrogens with zero attached hydrogens (tertiary/aromatic N) is 4. The predicted molar refractivity (Wildman–Crippen MR) is 131 cm³/mol. The first-order valence-electron chi connectivity index (χ1n) is 10.8. The molecule has 172 valence electrons. The molecule has 0 saturated carbocycles. The van der Waals surface area contributed by atoms with Gasteiger partial charge in [-0.25, -0.2) is 4.39 Å². The Morgan fingerprint density at radius 2 is 1.62 bits per heavy atom. The molecule has 1 amide bonds. The van der Waals surface area contributed by atoms with Crippen molar-refractivity contribution in [2.45, 2.75) is 35.0 Å². The summed E-state index contributed by atoms with van der Waals surface area (Å²) in [5.74, 6) is 0.466. The van der Waals surface area contributed by atoms with Gasteiger partial charge in [0.15, 0.2) is 22.5 Å². The van der Waals surface area contributed by atoms with E-state index in [1.807, 2.05) is 60.0 Å². The molecule has 4 aromatic rings. The Kier molecular flexibility index (Phi) is 6.55. The average molecular weight is 493 g/mol. The van der Waals surface area contributed by atoms with Crippen molar-refractivity contribution < 1.29 is 13.9 Å². The molecule has 0 N–H and O–H groups in total. The first-order valence-corrected chi connectivity index (χ1v) is 12.6. The summed E-state index contributed by atoms with van der Waals surface area (Å²) in [6.45, 7) is 2.65. The van der Waals surface area contributed by atoms with Crippen LogP contribution in [0.25, 0.3) is 0 Å². The zero-order chi connectivity index (χ0) is 23.5. The number of para-hydroxylation sites is 3. The Morgan fingerprint density at radius 1 is 0.971 bits per heavy atom. The first-order chi connectivity index (χ1) is 16.7. The Labute approximate surface area is 205 Å². The fraction of sp³-hybridized carbons (Fsp3) is 0.160. The van der Waals surface area contributed by atoms with Crippen molar-refractivity contribution >= 4 is 40.8 Å². The number of carbonyl (C=O) groups is 1. The second-order valence-electron chi connectivity index (χ2n) is 7.42. The average Bonchev–Trinajstić information content (AvgIpc) is 3.27. The number of hydrogen-bond acceptors (Lipinski definition) is 6. The monoisotopic (exact) mass is 492 g/mol. The van der Waals surface area contributed by atoms with Gasteiger partial charge in [0.1, 0.15) is 6.61 Å². The van der Waals surface area contributed by atoms with Crippen molar-refractivity contribution in [3.05, 3.63) is 84.4 Å². The molecule has 2 heterocycles. The van der Waals surface area contributed by atoms with Crippen molar-refractivity contribution in [2.75, 3.05) is 10.7 Å². The molecule has 1 aromatic heterocycles. The summed E-state index contributed by atoms with van der Waals surface area (Å²) in [4.78, 5) is 17.3. The SMILES string of the molecule is CCn1c(COc2ccccc2F)nnc1SCC(=O)N1c2ccccc2Sc2ccccc21. The summed E-state index contributed by atoms with van der Waals surface area (Å²) in [6, 6.07) is 22.1. The Hall–Kier alpha value is -3.30. The van der Waals surface area contributed by atoms with Gasteiger partial charge in [-0.1, -0.05) is 59.9 Å². The standard InChI is InChI=1S/C25H21FN4O2S2/c1-2-29-23(15-32-20-12-6-3-9-17(20)26)27-28-25(29)33-16-24(31)30-18-10-4-7-13-21(18)34-22-14-8-5-11-19(22)30/h3-14H,2,15-16H2,1H3. The molecule has 0 radical (unpaired) electrons. The highest BCUT2D eigenvalue weighted by atomic mass is 32.2. The molecule has 5 rings (SSSR count). The van der Waals surface area contributed by atoms with Crippen LogP contribution >= 0.6 is 23.5 Å². The van der Waals surface area contributed by atoms with E-state index in [4.69, 9.17) is 4.74 Å². The molecule has 0 saturated heterocycles. The van der Waals surface area contributed by atoms with Gasteiger partial charge >= 0.3 is 0 Å². The molecule has 1 aliphatic rings. The van der Waals surface area contributed by atoms with E-state index in [0.29, 0.717) is 17.5 Å². The topological polar surface area (TPSA) is 60.2 Å². The number of aromatic nitrogens is 3. The lowest BCUT2D eigenvalue weighted by atomic mass is 10.2. The highest BCUT2D eigenvalue weighted by molar-refractivity contribution is 8.00. The highest BCUT2D eigenvalue weighted by Gasteiger charge is 2.28. The molecule has 0 unspecified atom stereocenters. The van der Waals surface area contributed by atoms with E-state index in [1.54, 1.807) is 34.9 Å². The molecule has 0 bridgehead atoms. The van der Waals surface area contributed by atoms with Crippen LogP contribution in [0, 0.1) is 5.82 Å². The van der Waals surface area contributed by atoms with Crippen LogP contribution in [0.1, 0.15) is 12.7 Å². The number of rotatable bonds is 7. The molecule has 0 fully saturated rings. The summed E-state index contributed by atoms with van der Waals surface area (Å²) < 4.78 is 21.3. The maximum atomic E-state index is 13.9. The van der Waals surface area contributed by atoms with Gasteiger partial charge in [0.2, 0.25) is 5.91 Å². The normalized spacial score (nSPS) is 12.2. The van der Waals surface area contributed by atoms with Crippen LogP contribution in [0.15, 0.2) is 87.7 Å². The van der Waals surface area contributed by atoms with E-state index in [0.717, 1.165) is 21.2 Å². The number of fused-ring (bicyclic) bond motifs is 2. The lowest BCUT2D eigenvalue weighted by Gasteiger charge is -2.30. The minimum Gasteiger partial charge on any atom is -0.483 e. The second kappa shape index (κ2) is 9.90. The van der Waals surface area contributed by atoms with Gasteiger partial charge in [-0.05, 0) is 43.3 Å². The number of anilines is 2. The van der Waals surface area contributed by atoms with E-state index >= 15 is 0 Å². The van der Waals surface area contributed by atoms with E-state index < -0.39 is 5.82 Å². The predicted octanol–water partition coefficient (Wildman–Crippen LogP) is 5.94. The van der Waals surface area contributed by atoms with Crippen LogP contribution in [0.3, 0.4) is 0 Å². The molecule has 34 heavy (non-hydrogen) atoms. The molecule has 3 aromatic carbocycles. The molecule has 1 aliphatic heterocycles. The summed E-state index contributed by atoms with van der Waals surface area (Å²) in [7, 11) is 0. The Morgan fingerprint density at radius 3 is 2.29 bits per heavy atom. The van der Waals surface area contributed by atoms with Crippen molar-refractivity contribution in [1.29, 1.82) is 0 Å². The molecule has 0 spiro atoms. The number of hydrogen-bond donors (Lipinski definition) is 0. The maximum absolute atomic E-state index is 13.9. The molecule has 6 nitrogen and oxygen atoms in total. The van der Waals surface area contributed by atoms with Gasteiger partial charge in [-0.2, -0.15) is 0 Å². The van der Waals surface area contributed by atoms with E-state index in [-0.39, 0.29) is 24.0 Å². The van der Waals surface area contributed by atoms with Gasteiger partial charge in [-0.15, -0.1) is 10.2 Å². The Balaban J connectivity index is 1.32. The number of ether oxygens (including phenoxy) is 1. The number of thioether (sulfide) groups is 1. The zero-order valence-electron chi connectivity index (χ0n) is 18.3. The lowest BCUT2D eigenvalue weighted by molar-refractivity contribution is -0.115. The molecular formula is C25H21FN4O2S2. The van der Waals surface area contributed by atoms with Gasteiger partial charge in [0.25, 0.3) is 0 Å². The number of benzene rings is 3. The van der Waals surface area contributed by atoms with Crippen LogP contribution < -0.4 is 9.64 Å². The van der Waals surface area contributed by atoms with Crippen molar-refractivity contribution in [3.63, 3.8) is 0 Å². The van der Waals surface area contributed by atoms with Gasteiger partial charge < -0.3 is 9.30 Å². The van der Waals surface area contributed by atoms with E-state index in [9.17, 15) is 9.18 Å². The number of carbonyl (C=O) groups excluding carboxylic acids is 1. The number of amides is 1. The molecule has 0 aliphatic carbocycles. The second-order valence-corrected chi connectivity index (χ2v) is 9.44. The first kappa shape index (κ1) is 22.5. The van der Waals surface area contributed by atoms with Crippen LogP contribution in [-0.4, -0.2) is 26.4 Å². The van der Waals surface area contributed by atoms with E-state index in [1.165, 1.54) is 17.8 Å². The fourth-order valence-corrected chi connectivity index (χ4v) is 5.65. The third kappa shape index (κ3) is 4.41. The minimum atomic E-state index is -0.425. The van der Waals surface area contributed by atoms with Crippen LogP contribution in [-0.2, 0) is 17.9 Å². The van der Waals surface area contributed by atoms with Gasteiger partial charge in [0, 0.05) is 16.3 Å². The van der Waals surface area contributed by atoms with Crippen molar-refractivity contribution in [2.24, 2.45) is 0 Å². The minimum absolute atomic E-state index is 0.0417. The quantitative estimate of drug-likeness (QED) is 0.298. The van der Waals surface area contributed by atoms with Crippen LogP contribution in [0.5, 0.6) is 5.75 Å². The Bertz CT molecular complexity index is 1300. The molecule has 9 heteroatoms. The van der Waals surface area contributed by atoms with Crippen LogP contribution in [0.4, 0.5) is 15.8 Å². The summed E-state index contributed by atoms with van der Waals surface area (Å²) in [6.07, 6.45) is 0. The third-order valence-electron chi connectivity index (χ3n) is 5.31. The largest absolute Gasteiger partial charge is 0.483 e. The fourth-order valence-electron chi connectivity index (χ4n) is 3.72. The molecular weight excluding hydrogens is 471 g/mol. The van der Waals surface area contributed by atoms with Gasteiger partial charge in [-0.3, -0.25) is 9.69 Å². The summed E-state index contributed by atoms with van der Waals surface area (Å²) >= 11 is 2.99. The zero-order valence-corrected chi connectivity index (χ0v) is 20.0. The van der Waals surface area contributed by atoms with Crippen LogP contribution in [0.2, 0.25) is 0 Å². The lowest BCUT2D eigenvalue weighted by Crippen LogP contribution is -2.30. The summed E-state index contributed by atoms with van der Waals surface area (Å²) in [5, 5.41) is 9.09. The molecule has 0 atom stereocenters. The smallest absolute Gasteiger partial charge is 0.242 e. The third-order valence-corrected chi connectivity index (χ3v) is 7.39. The summed E-state index contributed by atoms with van der Waals surface area (Å²) in [5.41, 5.74) is 1.76. The van der Waals surface area contributed by atoms with Crippen molar-refractivity contribution in [1.82, 2.24) is 14.8 Å². The van der Waals surface area contributed by atoms with E-state index in [2.05, 4.69) is 10.2 Å². The maximum Gasteiger partial charge on any atom is 0.242 e. The number of halogens is 1.